The lowest BCUT2D eigenvalue weighted by Crippen LogP contribution is -2.56. The number of piperazine rings is 1. The van der Waals surface area contributed by atoms with Crippen LogP contribution < -0.4 is 5.32 Å². The molecule has 7 nitrogen and oxygen atoms in total. The highest BCUT2D eigenvalue weighted by Gasteiger charge is 2.30. The number of aromatic nitrogens is 1. The standard InChI is InChI=1S/C25H32N4O3/c1-18(2)16-22(27-24(31)21-10-5-4-8-19(21)3)25(32)29-14-12-28(13-15-29)23(30)17-20-9-6-7-11-26-20/h4-11,18,22H,12-17H2,1-3H3,(H,27,31). The number of aryl methyl sites for hydroxylation is 1. The molecule has 1 unspecified atom stereocenters. The molecular weight excluding hydrogens is 404 g/mol. The van der Waals surface area contributed by atoms with Gasteiger partial charge in [-0.3, -0.25) is 19.4 Å². The minimum atomic E-state index is -0.585. The summed E-state index contributed by atoms with van der Waals surface area (Å²) in [6, 6.07) is 12.3. The van der Waals surface area contributed by atoms with Gasteiger partial charge in [0.2, 0.25) is 11.8 Å². The molecule has 2 heterocycles. The molecule has 1 aromatic carbocycles. The van der Waals surface area contributed by atoms with Crippen LogP contribution in [-0.2, 0) is 16.0 Å². The Morgan fingerprint density at radius 3 is 2.25 bits per heavy atom. The third-order valence-electron chi connectivity index (χ3n) is 5.70. The molecule has 1 fully saturated rings. The van der Waals surface area contributed by atoms with Gasteiger partial charge in [-0.1, -0.05) is 38.1 Å². The summed E-state index contributed by atoms with van der Waals surface area (Å²) in [5.74, 6) is -0.0477. The maximum atomic E-state index is 13.3. The molecule has 3 amide bonds. The number of pyridine rings is 1. The van der Waals surface area contributed by atoms with Gasteiger partial charge in [-0.25, -0.2) is 0 Å². The first-order valence-corrected chi connectivity index (χ1v) is 11.2. The van der Waals surface area contributed by atoms with Gasteiger partial charge in [-0.2, -0.15) is 0 Å². The fourth-order valence-electron chi connectivity index (χ4n) is 3.92. The van der Waals surface area contributed by atoms with Crippen LogP contribution in [0.2, 0.25) is 0 Å². The summed E-state index contributed by atoms with van der Waals surface area (Å²) < 4.78 is 0. The summed E-state index contributed by atoms with van der Waals surface area (Å²) in [6.07, 6.45) is 2.51. The molecule has 32 heavy (non-hydrogen) atoms. The zero-order valence-electron chi connectivity index (χ0n) is 19.1. The molecule has 0 bridgehead atoms. The van der Waals surface area contributed by atoms with E-state index in [1.807, 2.05) is 57.2 Å². The molecule has 1 aliphatic rings. The number of rotatable bonds is 7. The average Bonchev–Trinajstić information content (AvgIpc) is 2.79. The molecular formula is C25H32N4O3. The van der Waals surface area contributed by atoms with Gasteiger partial charge in [0.1, 0.15) is 6.04 Å². The predicted molar refractivity (Wildman–Crippen MR) is 123 cm³/mol. The van der Waals surface area contributed by atoms with Gasteiger partial charge in [0.25, 0.3) is 5.91 Å². The van der Waals surface area contributed by atoms with Crippen LogP contribution in [-0.4, -0.2) is 64.7 Å². The molecule has 1 atom stereocenters. The SMILES string of the molecule is Cc1ccccc1C(=O)NC(CC(C)C)C(=O)N1CCN(C(=O)Cc2ccccn2)CC1. The van der Waals surface area contributed by atoms with Crippen molar-refractivity contribution in [2.24, 2.45) is 5.92 Å². The molecule has 1 aromatic heterocycles. The largest absolute Gasteiger partial charge is 0.340 e. The maximum Gasteiger partial charge on any atom is 0.252 e. The number of hydrogen-bond acceptors (Lipinski definition) is 4. The molecule has 2 aromatic rings. The third kappa shape index (κ3) is 6.15. The van der Waals surface area contributed by atoms with Gasteiger partial charge in [0, 0.05) is 43.6 Å². The van der Waals surface area contributed by atoms with Crippen LogP contribution in [0.3, 0.4) is 0 Å². The molecule has 170 valence electrons. The summed E-state index contributed by atoms with van der Waals surface area (Å²) >= 11 is 0. The first kappa shape index (κ1) is 23.4. The molecule has 1 saturated heterocycles. The Bertz CT molecular complexity index is 937. The molecule has 0 radical (unpaired) electrons. The second-order valence-corrected chi connectivity index (χ2v) is 8.67. The van der Waals surface area contributed by atoms with Crippen molar-refractivity contribution in [3.63, 3.8) is 0 Å². The number of amides is 3. The molecule has 1 aliphatic heterocycles. The summed E-state index contributed by atoms with van der Waals surface area (Å²) in [5.41, 5.74) is 2.20. The lowest BCUT2D eigenvalue weighted by atomic mass is 10.0. The molecule has 3 rings (SSSR count). The summed E-state index contributed by atoms with van der Waals surface area (Å²) in [5, 5.41) is 2.95. The minimum Gasteiger partial charge on any atom is -0.340 e. The Morgan fingerprint density at radius 2 is 1.62 bits per heavy atom. The van der Waals surface area contributed by atoms with Crippen molar-refractivity contribution in [3.05, 3.63) is 65.5 Å². The van der Waals surface area contributed by atoms with Crippen LogP contribution in [0, 0.1) is 12.8 Å². The van der Waals surface area contributed by atoms with Gasteiger partial charge >= 0.3 is 0 Å². The molecule has 0 spiro atoms. The molecule has 1 N–H and O–H groups in total. The lowest BCUT2D eigenvalue weighted by molar-refractivity contribution is -0.140. The highest BCUT2D eigenvalue weighted by molar-refractivity contribution is 5.98. The third-order valence-corrected chi connectivity index (χ3v) is 5.70. The van der Waals surface area contributed by atoms with Crippen molar-refractivity contribution >= 4 is 17.7 Å². The Hall–Kier alpha value is -3.22. The Labute approximate surface area is 189 Å². The van der Waals surface area contributed by atoms with Crippen LogP contribution >= 0.6 is 0 Å². The van der Waals surface area contributed by atoms with Gasteiger partial charge in [-0.15, -0.1) is 0 Å². The molecule has 0 saturated carbocycles. The van der Waals surface area contributed by atoms with E-state index in [9.17, 15) is 14.4 Å². The zero-order valence-corrected chi connectivity index (χ0v) is 19.1. The lowest BCUT2D eigenvalue weighted by Gasteiger charge is -2.37. The Kier molecular flexibility index (Phi) is 7.98. The van der Waals surface area contributed by atoms with E-state index < -0.39 is 6.04 Å². The predicted octanol–water partition coefficient (Wildman–Crippen LogP) is 2.45. The van der Waals surface area contributed by atoms with Crippen molar-refractivity contribution < 1.29 is 14.4 Å². The highest BCUT2D eigenvalue weighted by Crippen LogP contribution is 2.14. The highest BCUT2D eigenvalue weighted by atomic mass is 16.2. The van der Waals surface area contributed by atoms with Gasteiger partial charge in [-0.05, 0) is 43.0 Å². The molecule has 7 heteroatoms. The van der Waals surface area contributed by atoms with E-state index in [2.05, 4.69) is 10.3 Å². The summed E-state index contributed by atoms with van der Waals surface area (Å²) in [4.78, 5) is 46.4. The number of benzene rings is 1. The van der Waals surface area contributed by atoms with Gasteiger partial charge in [0.05, 0.1) is 6.42 Å². The summed E-state index contributed by atoms with van der Waals surface area (Å²) in [6.45, 7) is 7.84. The van der Waals surface area contributed by atoms with E-state index in [-0.39, 0.29) is 30.1 Å². The van der Waals surface area contributed by atoms with E-state index in [0.717, 1.165) is 11.3 Å². The monoisotopic (exact) mass is 436 g/mol. The smallest absolute Gasteiger partial charge is 0.252 e. The van der Waals surface area contributed by atoms with Crippen molar-refractivity contribution in [2.75, 3.05) is 26.2 Å². The first-order chi connectivity index (χ1) is 15.3. The summed E-state index contributed by atoms with van der Waals surface area (Å²) in [7, 11) is 0. The van der Waals surface area contributed by atoms with Crippen LogP contribution in [0.4, 0.5) is 0 Å². The second kappa shape index (κ2) is 10.9. The zero-order chi connectivity index (χ0) is 23.1. The van der Waals surface area contributed by atoms with E-state index >= 15 is 0 Å². The van der Waals surface area contributed by atoms with E-state index in [1.165, 1.54) is 0 Å². The van der Waals surface area contributed by atoms with Gasteiger partial charge < -0.3 is 15.1 Å². The Morgan fingerprint density at radius 1 is 0.969 bits per heavy atom. The second-order valence-electron chi connectivity index (χ2n) is 8.67. The van der Waals surface area contributed by atoms with Crippen molar-refractivity contribution in [1.82, 2.24) is 20.1 Å². The molecule has 0 aliphatic carbocycles. The minimum absolute atomic E-state index is 0.0161. The Balaban J connectivity index is 1.59. The van der Waals surface area contributed by atoms with Crippen LogP contribution in [0.5, 0.6) is 0 Å². The average molecular weight is 437 g/mol. The van der Waals surface area contributed by atoms with Crippen molar-refractivity contribution in [3.8, 4) is 0 Å². The fraction of sp³-hybridized carbons (Fsp3) is 0.440. The first-order valence-electron chi connectivity index (χ1n) is 11.2. The van der Waals surface area contributed by atoms with E-state index in [4.69, 9.17) is 0 Å². The topological polar surface area (TPSA) is 82.6 Å². The van der Waals surface area contributed by atoms with Crippen LogP contribution in [0.15, 0.2) is 48.7 Å². The van der Waals surface area contributed by atoms with Gasteiger partial charge in [0.15, 0.2) is 0 Å². The number of carbonyl (C=O) groups excluding carboxylic acids is 3. The van der Waals surface area contributed by atoms with E-state index in [1.54, 1.807) is 22.1 Å². The van der Waals surface area contributed by atoms with Crippen LogP contribution in [0.1, 0.15) is 41.9 Å². The van der Waals surface area contributed by atoms with Crippen molar-refractivity contribution in [1.29, 1.82) is 0 Å². The number of nitrogens with one attached hydrogen (secondary N) is 1. The normalized spacial score (nSPS) is 14.9. The van der Waals surface area contributed by atoms with E-state index in [0.29, 0.717) is 38.2 Å². The fourth-order valence-corrected chi connectivity index (χ4v) is 3.92. The quantitative estimate of drug-likeness (QED) is 0.723. The number of nitrogens with zero attached hydrogens (tertiary/aromatic N) is 3. The van der Waals surface area contributed by atoms with Crippen LogP contribution in [0.25, 0.3) is 0 Å². The number of hydrogen-bond donors (Lipinski definition) is 1. The maximum absolute atomic E-state index is 13.3. The van der Waals surface area contributed by atoms with Crippen molar-refractivity contribution in [2.45, 2.75) is 39.7 Å². The number of carbonyl (C=O) groups is 3.